The molecule has 0 amide bonds. The van der Waals surface area contributed by atoms with Crippen molar-refractivity contribution in [2.75, 3.05) is 13.1 Å². The predicted octanol–water partition coefficient (Wildman–Crippen LogP) is -0.280. The van der Waals surface area contributed by atoms with Gasteiger partial charge < -0.3 is 15.1 Å². The molecule has 5 heteroatoms. The number of quaternary nitrogens is 1. The Morgan fingerprint density at radius 1 is 1.27 bits per heavy atom. The lowest BCUT2D eigenvalue weighted by molar-refractivity contribution is -0.956. The maximum Gasteiger partial charge on any atom is 0.322 e. The second-order valence-electron chi connectivity index (χ2n) is 5.48. The van der Waals surface area contributed by atoms with E-state index >= 15 is 0 Å². The third-order valence-electron chi connectivity index (χ3n) is 2.63. The second-order valence-corrected chi connectivity index (χ2v) is 5.48. The minimum absolute atomic E-state index is 0.221. The Morgan fingerprint density at radius 2 is 1.67 bits per heavy atom. The molecule has 0 aromatic rings. The number of hydrogen-bond donors (Lipinski definition) is 1. The SMILES string of the molecule is CC(=O)ON1CC(C)(C)[NH+]([O-])C(C)(C)C1. The number of carbonyl (C=O) groups is 1. The highest BCUT2D eigenvalue weighted by Crippen LogP contribution is 2.15. The van der Waals surface area contributed by atoms with Crippen LogP contribution in [0.3, 0.4) is 0 Å². The summed E-state index contributed by atoms with van der Waals surface area (Å²) in [6.07, 6.45) is 0. The van der Waals surface area contributed by atoms with E-state index in [-0.39, 0.29) is 11.0 Å². The van der Waals surface area contributed by atoms with E-state index in [0.29, 0.717) is 13.1 Å². The van der Waals surface area contributed by atoms with E-state index in [1.807, 2.05) is 27.7 Å². The quantitative estimate of drug-likeness (QED) is 0.612. The van der Waals surface area contributed by atoms with Crippen LogP contribution < -0.4 is 5.06 Å². The molecule has 0 bridgehead atoms. The molecule has 1 fully saturated rings. The number of piperazine rings is 1. The van der Waals surface area contributed by atoms with Gasteiger partial charge in [0.1, 0.15) is 11.1 Å². The van der Waals surface area contributed by atoms with Crippen LogP contribution in [0.15, 0.2) is 0 Å². The molecular weight excluding hydrogens is 196 g/mol. The fourth-order valence-corrected chi connectivity index (χ4v) is 2.24. The number of rotatable bonds is 1. The van der Waals surface area contributed by atoms with Crippen LogP contribution in [0, 0.1) is 5.21 Å². The van der Waals surface area contributed by atoms with E-state index in [2.05, 4.69) is 0 Å². The van der Waals surface area contributed by atoms with Gasteiger partial charge in [-0.2, -0.15) is 0 Å². The minimum atomic E-state index is -0.461. The van der Waals surface area contributed by atoms with Gasteiger partial charge in [-0.1, -0.05) is 0 Å². The highest BCUT2D eigenvalue weighted by atomic mass is 16.7. The molecule has 0 aromatic carbocycles. The summed E-state index contributed by atoms with van der Waals surface area (Å²) in [5.74, 6) is -0.337. The van der Waals surface area contributed by atoms with Crippen molar-refractivity contribution < 1.29 is 14.7 Å². The molecule has 1 saturated heterocycles. The Balaban J connectivity index is 2.79. The van der Waals surface area contributed by atoms with Crippen LogP contribution in [-0.4, -0.2) is 35.2 Å². The molecule has 1 rings (SSSR count). The van der Waals surface area contributed by atoms with Crippen molar-refractivity contribution in [1.29, 1.82) is 0 Å². The molecule has 0 saturated carbocycles. The van der Waals surface area contributed by atoms with Crippen LogP contribution in [0.2, 0.25) is 0 Å². The first-order chi connectivity index (χ1) is 6.65. The summed E-state index contributed by atoms with van der Waals surface area (Å²) in [5.41, 5.74) is -0.922. The highest BCUT2D eigenvalue weighted by Gasteiger charge is 2.45. The van der Waals surface area contributed by atoms with Crippen LogP contribution in [0.25, 0.3) is 0 Å². The molecule has 1 N–H and O–H groups in total. The zero-order valence-corrected chi connectivity index (χ0v) is 10.1. The van der Waals surface area contributed by atoms with Gasteiger partial charge in [-0.3, -0.25) is 4.79 Å². The van der Waals surface area contributed by atoms with Crippen molar-refractivity contribution >= 4 is 5.97 Å². The standard InChI is InChI=1S/C10H20N2O3/c1-8(13)15-11-6-9(2,3)12(14)10(4,5)7-11/h12H,6-7H2,1-5H3. The van der Waals surface area contributed by atoms with Crippen molar-refractivity contribution in [1.82, 2.24) is 5.06 Å². The van der Waals surface area contributed by atoms with E-state index in [0.717, 1.165) is 0 Å². The zero-order chi connectivity index (χ0) is 11.9. The summed E-state index contributed by atoms with van der Waals surface area (Å²) in [6.45, 7) is 9.83. The summed E-state index contributed by atoms with van der Waals surface area (Å²) < 4.78 is 0. The summed E-state index contributed by atoms with van der Waals surface area (Å²) in [4.78, 5) is 15.9. The van der Waals surface area contributed by atoms with Crippen molar-refractivity contribution in [3.63, 3.8) is 0 Å². The topological polar surface area (TPSA) is 57.0 Å². The summed E-state index contributed by atoms with van der Waals surface area (Å²) in [5, 5.41) is 13.8. The van der Waals surface area contributed by atoms with Gasteiger partial charge in [0.2, 0.25) is 0 Å². The molecule has 88 valence electrons. The van der Waals surface area contributed by atoms with E-state index in [9.17, 15) is 10.0 Å². The molecule has 1 aliphatic rings. The number of nitrogens with one attached hydrogen (secondary N) is 1. The second kappa shape index (κ2) is 3.73. The average Bonchev–Trinajstić information content (AvgIpc) is 1.97. The van der Waals surface area contributed by atoms with Gasteiger partial charge in [0, 0.05) is 6.92 Å². The Bertz CT molecular complexity index is 245. The molecule has 1 aliphatic heterocycles. The largest absolute Gasteiger partial charge is 0.633 e. The summed E-state index contributed by atoms with van der Waals surface area (Å²) >= 11 is 0. The lowest BCUT2D eigenvalue weighted by Crippen LogP contribution is -3.25. The van der Waals surface area contributed by atoms with Gasteiger partial charge in [-0.15, -0.1) is 5.06 Å². The van der Waals surface area contributed by atoms with Crippen molar-refractivity contribution in [2.45, 2.75) is 45.7 Å². The minimum Gasteiger partial charge on any atom is -0.633 e. The molecular formula is C10H20N2O3. The fraction of sp³-hybridized carbons (Fsp3) is 0.900. The zero-order valence-electron chi connectivity index (χ0n) is 10.1. The third-order valence-corrected chi connectivity index (χ3v) is 2.63. The fourth-order valence-electron chi connectivity index (χ4n) is 2.24. The van der Waals surface area contributed by atoms with Crippen LogP contribution in [0.5, 0.6) is 0 Å². The van der Waals surface area contributed by atoms with Gasteiger partial charge in [0.05, 0.1) is 13.1 Å². The van der Waals surface area contributed by atoms with Crippen molar-refractivity contribution in [3.05, 3.63) is 5.21 Å². The molecule has 0 aliphatic carbocycles. The molecule has 1 heterocycles. The van der Waals surface area contributed by atoms with E-state index in [1.54, 1.807) is 5.06 Å². The number of carbonyl (C=O) groups excluding carboxylic acids is 1. The molecule has 0 unspecified atom stereocenters. The maximum atomic E-state index is 12.0. The smallest absolute Gasteiger partial charge is 0.322 e. The maximum absolute atomic E-state index is 12.0. The number of nitrogens with zero attached hydrogens (tertiary/aromatic N) is 1. The number of hydroxylamine groups is 4. The molecule has 5 nitrogen and oxygen atoms in total. The molecule has 0 spiro atoms. The van der Waals surface area contributed by atoms with Gasteiger partial charge in [0.15, 0.2) is 0 Å². The average molecular weight is 216 g/mol. The van der Waals surface area contributed by atoms with Crippen LogP contribution >= 0.6 is 0 Å². The Morgan fingerprint density at radius 3 is 2.00 bits per heavy atom. The van der Waals surface area contributed by atoms with Crippen LogP contribution in [0.4, 0.5) is 0 Å². The Hall–Kier alpha value is -0.650. The van der Waals surface area contributed by atoms with Gasteiger partial charge >= 0.3 is 5.97 Å². The van der Waals surface area contributed by atoms with Gasteiger partial charge in [0.25, 0.3) is 0 Å². The predicted molar refractivity (Wildman–Crippen MR) is 55.8 cm³/mol. The number of hydrogen-bond acceptors (Lipinski definition) is 4. The lowest BCUT2D eigenvalue weighted by atomic mass is 9.92. The normalized spacial score (nSPS) is 26.3. The summed E-state index contributed by atoms with van der Waals surface area (Å²) in [6, 6.07) is 0. The molecule has 0 radical (unpaired) electrons. The van der Waals surface area contributed by atoms with Gasteiger partial charge in [-0.25, -0.2) is 0 Å². The Kier molecular flexibility index (Phi) is 3.09. The first kappa shape index (κ1) is 12.4. The van der Waals surface area contributed by atoms with Crippen LogP contribution in [0.1, 0.15) is 34.6 Å². The van der Waals surface area contributed by atoms with Crippen molar-refractivity contribution in [2.24, 2.45) is 0 Å². The van der Waals surface area contributed by atoms with Crippen molar-refractivity contribution in [3.8, 4) is 0 Å². The van der Waals surface area contributed by atoms with Crippen LogP contribution in [-0.2, 0) is 9.63 Å². The van der Waals surface area contributed by atoms with E-state index in [4.69, 9.17) is 4.84 Å². The van der Waals surface area contributed by atoms with E-state index in [1.165, 1.54) is 6.92 Å². The molecule has 15 heavy (non-hydrogen) atoms. The highest BCUT2D eigenvalue weighted by molar-refractivity contribution is 5.65. The Labute approximate surface area is 90.5 Å². The first-order valence-electron chi connectivity index (χ1n) is 5.13. The molecule has 0 atom stereocenters. The van der Waals surface area contributed by atoms with Gasteiger partial charge in [-0.05, 0) is 27.7 Å². The molecule has 0 aromatic heterocycles. The monoisotopic (exact) mass is 216 g/mol. The van der Waals surface area contributed by atoms with E-state index < -0.39 is 11.1 Å². The summed E-state index contributed by atoms with van der Waals surface area (Å²) in [7, 11) is 0. The third kappa shape index (κ3) is 2.68. The lowest BCUT2D eigenvalue weighted by Gasteiger charge is -2.54. The first-order valence-corrected chi connectivity index (χ1v) is 5.13.